The van der Waals surface area contributed by atoms with Gasteiger partial charge in [0.1, 0.15) is 0 Å². The number of esters is 3. The van der Waals surface area contributed by atoms with E-state index in [1.807, 2.05) is 0 Å². The third kappa shape index (κ3) is 6.19. The number of hydrogen-bond acceptors (Lipinski definition) is 7. The van der Waals surface area contributed by atoms with Crippen LogP contribution in [0.25, 0.3) is 0 Å². The first-order valence-corrected chi connectivity index (χ1v) is 6.13. The highest BCUT2D eigenvalue weighted by molar-refractivity contribution is 5.98. The van der Waals surface area contributed by atoms with Crippen molar-refractivity contribution in [2.45, 2.75) is 39.9 Å². The second-order valence-corrected chi connectivity index (χ2v) is 3.41. The lowest BCUT2D eigenvalue weighted by molar-refractivity contribution is -0.182. The predicted molar refractivity (Wildman–Crippen MR) is 64.2 cm³/mol. The molecule has 0 aliphatic carbocycles. The average molecular weight is 276 g/mol. The van der Waals surface area contributed by atoms with Gasteiger partial charge in [-0.05, 0) is 27.7 Å². The van der Waals surface area contributed by atoms with E-state index < -0.39 is 30.1 Å². The summed E-state index contributed by atoms with van der Waals surface area (Å²) in [5, 5.41) is 0. The molecule has 0 heterocycles. The molecule has 0 saturated carbocycles. The maximum atomic E-state index is 11.6. The van der Waals surface area contributed by atoms with E-state index in [-0.39, 0.29) is 19.8 Å². The van der Waals surface area contributed by atoms with Crippen LogP contribution in [0.4, 0.5) is 0 Å². The highest BCUT2D eigenvalue weighted by atomic mass is 16.6. The van der Waals surface area contributed by atoms with E-state index in [9.17, 15) is 14.4 Å². The molecule has 0 aromatic heterocycles. The Hall–Kier alpha value is -1.63. The van der Waals surface area contributed by atoms with E-state index in [4.69, 9.17) is 18.9 Å². The quantitative estimate of drug-likeness (QED) is 0.361. The molecule has 0 radical (unpaired) electrons. The minimum atomic E-state index is -1.58. The van der Waals surface area contributed by atoms with E-state index in [2.05, 4.69) is 0 Å². The number of rotatable bonds is 8. The fraction of sp³-hybridized carbons (Fsp3) is 0.750. The van der Waals surface area contributed by atoms with Gasteiger partial charge >= 0.3 is 17.9 Å². The SMILES string of the molecule is CCOC(=O)C(C)OC(C(=O)OCC)C(=O)OCC. The van der Waals surface area contributed by atoms with Crippen molar-refractivity contribution in [1.82, 2.24) is 0 Å². The van der Waals surface area contributed by atoms with Crippen molar-refractivity contribution in [2.75, 3.05) is 19.8 Å². The topological polar surface area (TPSA) is 88.1 Å². The Kier molecular flexibility index (Phi) is 8.52. The van der Waals surface area contributed by atoms with E-state index in [1.165, 1.54) is 6.92 Å². The highest BCUT2D eigenvalue weighted by Crippen LogP contribution is 2.06. The summed E-state index contributed by atoms with van der Waals surface area (Å²) in [5.74, 6) is -2.45. The van der Waals surface area contributed by atoms with Gasteiger partial charge in [-0.25, -0.2) is 14.4 Å². The second-order valence-electron chi connectivity index (χ2n) is 3.41. The van der Waals surface area contributed by atoms with Crippen LogP contribution < -0.4 is 0 Å². The maximum Gasteiger partial charge on any atom is 0.347 e. The van der Waals surface area contributed by atoms with Gasteiger partial charge in [-0.2, -0.15) is 0 Å². The van der Waals surface area contributed by atoms with Gasteiger partial charge in [0.05, 0.1) is 19.8 Å². The van der Waals surface area contributed by atoms with Gasteiger partial charge in [-0.1, -0.05) is 0 Å². The Balaban J connectivity index is 4.70. The lowest BCUT2D eigenvalue weighted by atomic mass is 10.3. The molecule has 0 aromatic carbocycles. The summed E-state index contributed by atoms with van der Waals surface area (Å²) in [5.41, 5.74) is 0. The standard InChI is InChI=1S/C12H20O7/c1-5-16-10(13)8(4)19-9(11(14)17-6-2)12(15)18-7-3/h8-9H,5-7H2,1-4H3. The van der Waals surface area contributed by atoms with Crippen molar-refractivity contribution in [1.29, 1.82) is 0 Å². The van der Waals surface area contributed by atoms with Crippen molar-refractivity contribution in [3.05, 3.63) is 0 Å². The molecule has 110 valence electrons. The Morgan fingerprint density at radius 1 is 0.789 bits per heavy atom. The molecule has 0 saturated heterocycles. The van der Waals surface area contributed by atoms with Crippen LogP contribution in [-0.4, -0.2) is 49.9 Å². The molecule has 1 atom stereocenters. The molecular weight excluding hydrogens is 256 g/mol. The van der Waals surface area contributed by atoms with Crippen LogP contribution >= 0.6 is 0 Å². The van der Waals surface area contributed by atoms with Crippen LogP contribution in [0.2, 0.25) is 0 Å². The summed E-state index contributed by atoms with van der Waals surface area (Å²) in [6.07, 6.45) is -2.65. The van der Waals surface area contributed by atoms with E-state index in [0.717, 1.165) is 0 Å². The first kappa shape index (κ1) is 17.4. The molecule has 0 spiro atoms. The van der Waals surface area contributed by atoms with Crippen LogP contribution in [0.3, 0.4) is 0 Å². The molecule has 0 fully saturated rings. The predicted octanol–water partition coefficient (Wildman–Crippen LogP) is 0.449. The van der Waals surface area contributed by atoms with Crippen LogP contribution in [0.5, 0.6) is 0 Å². The second kappa shape index (κ2) is 9.32. The van der Waals surface area contributed by atoms with Gasteiger partial charge in [0.25, 0.3) is 6.10 Å². The van der Waals surface area contributed by atoms with Gasteiger partial charge < -0.3 is 18.9 Å². The maximum absolute atomic E-state index is 11.6. The molecule has 0 bridgehead atoms. The number of carbonyl (C=O) groups is 3. The van der Waals surface area contributed by atoms with Gasteiger partial charge in [0, 0.05) is 0 Å². The number of ether oxygens (including phenoxy) is 4. The summed E-state index contributed by atoms with van der Waals surface area (Å²) in [6.45, 7) is 6.56. The summed E-state index contributed by atoms with van der Waals surface area (Å²) in [7, 11) is 0. The largest absolute Gasteiger partial charge is 0.464 e. The van der Waals surface area contributed by atoms with Crippen molar-refractivity contribution in [2.24, 2.45) is 0 Å². The minimum absolute atomic E-state index is 0.0892. The summed E-state index contributed by atoms with van der Waals surface area (Å²) >= 11 is 0. The smallest absolute Gasteiger partial charge is 0.347 e. The molecule has 19 heavy (non-hydrogen) atoms. The molecule has 7 nitrogen and oxygen atoms in total. The molecule has 0 aliphatic heterocycles. The zero-order chi connectivity index (χ0) is 14.8. The summed E-state index contributed by atoms with van der Waals surface area (Å²) < 4.78 is 19.2. The molecule has 0 aliphatic rings. The normalized spacial score (nSPS) is 11.8. The molecule has 0 N–H and O–H groups in total. The van der Waals surface area contributed by atoms with Crippen LogP contribution in [0.15, 0.2) is 0 Å². The van der Waals surface area contributed by atoms with Crippen molar-refractivity contribution in [3.8, 4) is 0 Å². The van der Waals surface area contributed by atoms with Gasteiger partial charge in [-0.15, -0.1) is 0 Å². The summed E-state index contributed by atoms with van der Waals surface area (Å²) in [4.78, 5) is 34.5. The fourth-order valence-electron chi connectivity index (χ4n) is 1.16. The first-order chi connectivity index (χ1) is 8.97. The number of carbonyl (C=O) groups excluding carboxylic acids is 3. The number of hydrogen-bond donors (Lipinski definition) is 0. The fourth-order valence-corrected chi connectivity index (χ4v) is 1.16. The van der Waals surface area contributed by atoms with Crippen LogP contribution in [-0.2, 0) is 33.3 Å². The van der Waals surface area contributed by atoms with Crippen molar-refractivity contribution >= 4 is 17.9 Å². The third-order valence-corrected chi connectivity index (χ3v) is 1.96. The third-order valence-electron chi connectivity index (χ3n) is 1.96. The molecule has 0 amide bonds. The Morgan fingerprint density at radius 2 is 1.16 bits per heavy atom. The van der Waals surface area contributed by atoms with Gasteiger partial charge in [0.15, 0.2) is 6.10 Å². The monoisotopic (exact) mass is 276 g/mol. The average Bonchev–Trinajstić information content (AvgIpc) is 2.36. The van der Waals surface area contributed by atoms with Crippen molar-refractivity contribution < 1.29 is 33.3 Å². The Morgan fingerprint density at radius 3 is 1.53 bits per heavy atom. The molecule has 0 rings (SSSR count). The Labute approximate surface area is 112 Å². The van der Waals surface area contributed by atoms with Crippen molar-refractivity contribution in [3.63, 3.8) is 0 Å². The molecule has 7 heteroatoms. The zero-order valence-corrected chi connectivity index (χ0v) is 11.6. The van der Waals surface area contributed by atoms with Gasteiger partial charge in [-0.3, -0.25) is 0 Å². The lowest BCUT2D eigenvalue weighted by Gasteiger charge is -2.18. The zero-order valence-electron chi connectivity index (χ0n) is 11.6. The molecular formula is C12H20O7. The van der Waals surface area contributed by atoms with Gasteiger partial charge in [0.2, 0.25) is 0 Å². The summed E-state index contributed by atoms with van der Waals surface area (Å²) in [6, 6.07) is 0. The molecule has 0 aromatic rings. The van der Waals surface area contributed by atoms with E-state index >= 15 is 0 Å². The van der Waals surface area contributed by atoms with E-state index in [1.54, 1.807) is 20.8 Å². The van der Waals surface area contributed by atoms with Crippen LogP contribution in [0.1, 0.15) is 27.7 Å². The lowest BCUT2D eigenvalue weighted by Crippen LogP contribution is -2.40. The minimum Gasteiger partial charge on any atom is -0.464 e. The molecule has 1 unspecified atom stereocenters. The Bertz CT molecular complexity index is 295. The first-order valence-electron chi connectivity index (χ1n) is 6.13. The van der Waals surface area contributed by atoms with E-state index in [0.29, 0.717) is 0 Å². The van der Waals surface area contributed by atoms with Crippen LogP contribution in [0, 0.1) is 0 Å². The highest BCUT2D eigenvalue weighted by Gasteiger charge is 2.34.